The van der Waals surface area contributed by atoms with Crippen molar-refractivity contribution in [2.24, 2.45) is 11.1 Å². The molecule has 0 fully saturated rings. The molecule has 19 heavy (non-hydrogen) atoms. The molecule has 0 saturated carbocycles. The molecule has 0 saturated heterocycles. The summed E-state index contributed by atoms with van der Waals surface area (Å²) in [6.07, 6.45) is -5.47. The predicted octanol–water partition coefficient (Wildman–Crippen LogP) is 3.77. The van der Waals surface area contributed by atoms with Crippen LogP contribution in [0.3, 0.4) is 0 Å². The van der Waals surface area contributed by atoms with Gasteiger partial charge in [0.2, 0.25) is 0 Å². The Hall–Kier alpha value is -0.780. The second-order valence-electron chi connectivity index (χ2n) is 5.61. The zero-order valence-corrected chi connectivity index (χ0v) is 11.7. The van der Waals surface area contributed by atoms with Crippen LogP contribution in [-0.2, 0) is 6.18 Å². The number of hydrogen-bond acceptors (Lipinski definition) is 2. The van der Waals surface area contributed by atoms with Crippen molar-refractivity contribution in [1.82, 2.24) is 0 Å². The monoisotopic (exact) mass is 295 g/mol. The molecule has 0 aliphatic heterocycles. The molecule has 0 aliphatic rings. The molecule has 0 unspecified atom stereocenters. The summed E-state index contributed by atoms with van der Waals surface area (Å²) < 4.78 is 38.1. The van der Waals surface area contributed by atoms with Crippen molar-refractivity contribution in [3.8, 4) is 0 Å². The van der Waals surface area contributed by atoms with Gasteiger partial charge in [0.05, 0.1) is 17.7 Å². The highest BCUT2D eigenvalue weighted by molar-refractivity contribution is 6.30. The number of halogens is 4. The molecule has 1 rings (SSSR count). The summed E-state index contributed by atoms with van der Waals surface area (Å²) in [4.78, 5) is 0. The van der Waals surface area contributed by atoms with E-state index in [1.165, 1.54) is 6.07 Å². The van der Waals surface area contributed by atoms with Crippen molar-refractivity contribution in [1.29, 1.82) is 0 Å². The lowest BCUT2D eigenvalue weighted by molar-refractivity contribution is -0.137. The fraction of sp³-hybridized carbons (Fsp3) is 0.538. The number of benzene rings is 1. The molecule has 2 nitrogen and oxygen atoms in total. The van der Waals surface area contributed by atoms with E-state index in [2.05, 4.69) is 0 Å². The van der Waals surface area contributed by atoms with Gasteiger partial charge >= 0.3 is 6.18 Å². The van der Waals surface area contributed by atoms with Gasteiger partial charge in [-0.25, -0.2) is 0 Å². The van der Waals surface area contributed by atoms with Crippen molar-refractivity contribution >= 4 is 11.6 Å². The Morgan fingerprint density at radius 1 is 1.16 bits per heavy atom. The number of alkyl halides is 3. The van der Waals surface area contributed by atoms with E-state index in [0.29, 0.717) is 0 Å². The number of aliphatic hydroxyl groups is 1. The maximum Gasteiger partial charge on any atom is 0.416 e. The van der Waals surface area contributed by atoms with Crippen LogP contribution in [-0.4, -0.2) is 11.2 Å². The summed E-state index contributed by atoms with van der Waals surface area (Å²) in [5, 5.41) is 9.99. The molecule has 0 aromatic heterocycles. The first kappa shape index (κ1) is 16.3. The zero-order chi connectivity index (χ0) is 15.0. The van der Waals surface area contributed by atoms with Gasteiger partial charge in [0.1, 0.15) is 0 Å². The van der Waals surface area contributed by atoms with Crippen molar-refractivity contribution in [2.45, 2.75) is 39.1 Å². The van der Waals surface area contributed by atoms with E-state index in [-0.39, 0.29) is 10.6 Å². The summed E-state index contributed by atoms with van der Waals surface area (Å²) in [7, 11) is 0. The minimum Gasteiger partial charge on any atom is -0.391 e. The molecule has 6 heteroatoms. The summed E-state index contributed by atoms with van der Waals surface area (Å²) in [5.41, 5.74) is 4.59. The summed E-state index contributed by atoms with van der Waals surface area (Å²) >= 11 is 5.68. The molecule has 1 aromatic rings. The molecule has 3 N–H and O–H groups in total. The van der Waals surface area contributed by atoms with E-state index in [4.69, 9.17) is 17.3 Å². The third-order valence-electron chi connectivity index (χ3n) is 2.86. The number of aliphatic hydroxyl groups excluding tert-OH is 1. The summed E-state index contributed by atoms with van der Waals surface area (Å²) in [6.45, 7) is 5.27. The lowest BCUT2D eigenvalue weighted by Gasteiger charge is -2.31. The minimum atomic E-state index is -4.49. The largest absolute Gasteiger partial charge is 0.416 e. The van der Waals surface area contributed by atoms with Gasteiger partial charge in [-0.1, -0.05) is 32.4 Å². The fourth-order valence-corrected chi connectivity index (χ4v) is 1.93. The van der Waals surface area contributed by atoms with Crippen LogP contribution in [0.4, 0.5) is 13.2 Å². The molecule has 0 spiro atoms. The lowest BCUT2D eigenvalue weighted by atomic mass is 9.82. The van der Waals surface area contributed by atoms with Gasteiger partial charge in [-0.15, -0.1) is 0 Å². The lowest BCUT2D eigenvalue weighted by Crippen LogP contribution is -2.37. The van der Waals surface area contributed by atoms with E-state index >= 15 is 0 Å². The molecule has 0 amide bonds. The summed E-state index contributed by atoms with van der Waals surface area (Å²) in [6, 6.07) is 2.17. The van der Waals surface area contributed by atoms with Crippen LogP contribution in [0.2, 0.25) is 5.02 Å². The highest BCUT2D eigenvalue weighted by Gasteiger charge is 2.34. The fourth-order valence-electron chi connectivity index (χ4n) is 1.69. The maximum atomic E-state index is 12.7. The number of nitrogens with two attached hydrogens (primary N) is 1. The molecule has 108 valence electrons. The molecule has 0 radical (unpaired) electrons. The van der Waals surface area contributed by atoms with E-state index in [9.17, 15) is 18.3 Å². The Kier molecular flexibility index (Phi) is 4.55. The molecule has 2 atom stereocenters. The maximum absolute atomic E-state index is 12.7. The number of rotatable bonds is 2. The normalized spacial score (nSPS) is 16.3. The third-order valence-corrected chi connectivity index (χ3v) is 3.08. The molecular weight excluding hydrogens is 279 g/mol. The van der Waals surface area contributed by atoms with Crippen molar-refractivity contribution in [2.75, 3.05) is 0 Å². The SMILES string of the molecule is CC(C)(C)[C@H](O)[C@H](N)c1cc(Cl)cc(C(F)(F)F)c1. The van der Waals surface area contributed by atoms with Gasteiger partial charge < -0.3 is 10.8 Å². The van der Waals surface area contributed by atoms with Crippen LogP contribution in [0.25, 0.3) is 0 Å². The van der Waals surface area contributed by atoms with Crippen LogP contribution in [0.5, 0.6) is 0 Å². The Balaban J connectivity index is 3.18. The third kappa shape index (κ3) is 4.09. The van der Waals surface area contributed by atoms with Crippen LogP contribution in [0.15, 0.2) is 18.2 Å². The Labute approximate surface area is 115 Å². The Bertz CT molecular complexity index is 454. The van der Waals surface area contributed by atoms with Crippen LogP contribution >= 0.6 is 11.6 Å². The highest BCUT2D eigenvalue weighted by Crippen LogP contribution is 2.35. The molecular formula is C13H17ClF3NO. The molecule has 1 aromatic carbocycles. The van der Waals surface area contributed by atoms with E-state index < -0.39 is 29.3 Å². The second kappa shape index (κ2) is 5.31. The smallest absolute Gasteiger partial charge is 0.391 e. The van der Waals surface area contributed by atoms with Gasteiger partial charge in [-0.3, -0.25) is 0 Å². The first-order valence-corrected chi connectivity index (χ1v) is 6.12. The average Bonchev–Trinajstić information content (AvgIpc) is 2.23. The standard InChI is InChI=1S/C13H17ClF3NO/c1-12(2,3)11(19)10(18)7-4-8(13(15,16)17)6-9(14)5-7/h4-6,10-11,19H,18H2,1-3H3/t10-,11-/m1/s1. The topological polar surface area (TPSA) is 46.2 Å². The van der Waals surface area contributed by atoms with E-state index in [0.717, 1.165) is 12.1 Å². The first-order chi connectivity index (χ1) is 8.43. The Morgan fingerprint density at radius 3 is 2.11 bits per heavy atom. The van der Waals surface area contributed by atoms with Gasteiger partial charge in [0, 0.05) is 5.02 Å². The van der Waals surface area contributed by atoms with Crippen molar-refractivity contribution in [3.63, 3.8) is 0 Å². The van der Waals surface area contributed by atoms with Crippen LogP contribution < -0.4 is 5.73 Å². The average molecular weight is 296 g/mol. The molecule has 0 bridgehead atoms. The Morgan fingerprint density at radius 2 is 1.68 bits per heavy atom. The molecule has 0 heterocycles. The zero-order valence-electron chi connectivity index (χ0n) is 10.9. The van der Waals surface area contributed by atoms with E-state index in [1.807, 2.05) is 0 Å². The second-order valence-corrected chi connectivity index (χ2v) is 6.04. The predicted molar refractivity (Wildman–Crippen MR) is 68.8 cm³/mol. The minimum absolute atomic E-state index is 0.0543. The first-order valence-electron chi connectivity index (χ1n) is 5.74. The van der Waals surface area contributed by atoms with Crippen molar-refractivity contribution < 1.29 is 18.3 Å². The van der Waals surface area contributed by atoms with E-state index in [1.54, 1.807) is 20.8 Å². The number of hydrogen-bond donors (Lipinski definition) is 2. The van der Waals surface area contributed by atoms with Gasteiger partial charge in [-0.2, -0.15) is 13.2 Å². The molecule has 0 aliphatic carbocycles. The van der Waals surface area contributed by atoms with Crippen LogP contribution in [0.1, 0.15) is 37.9 Å². The van der Waals surface area contributed by atoms with Crippen molar-refractivity contribution in [3.05, 3.63) is 34.3 Å². The van der Waals surface area contributed by atoms with Gasteiger partial charge in [0.25, 0.3) is 0 Å². The van der Waals surface area contributed by atoms with Crippen LogP contribution in [0, 0.1) is 5.41 Å². The summed E-state index contributed by atoms with van der Waals surface area (Å²) in [5.74, 6) is 0. The van der Waals surface area contributed by atoms with Gasteiger partial charge in [0.15, 0.2) is 0 Å². The van der Waals surface area contributed by atoms with Gasteiger partial charge in [-0.05, 0) is 29.2 Å². The highest BCUT2D eigenvalue weighted by atomic mass is 35.5. The quantitative estimate of drug-likeness (QED) is 0.872.